The van der Waals surface area contributed by atoms with Crippen LogP contribution in [0.1, 0.15) is 5.56 Å². The van der Waals surface area contributed by atoms with Gasteiger partial charge in [0.25, 0.3) is 0 Å². The Labute approximate surface area is 172 Å². The van der Waals surface area contributed by atoms with Crippen LogP contribution in [-0.2, 0) is 0 Å². The molecule has 0 aliphatic carbocycles. The average molecular weight is 356 g/mol. The molecule has 3 nitrogen and oxygen atoms in total. The third-order valence-electron chi connectivity index (χ3n) is 3.54. The largest absolute Gasteiger partial charge is 1.00 e. The summed E-state index contributed by atoms with van der Waals surface area (Å²) in [6.45, 7) is 0. The fourth-order valence-corrected chi connectivity index (χ4v) is 4.41. The molecule has 0 fully saturated rings. The molecule has 0 unspecified atom stereocenters. The molecule has 3 aromatic carbocycles. The fourth-order valence-electron chi connectivity index (χ4n) is 2.38. The van der Waals surface area contributed by atoms with Gasteiger partial charge in [0, 0.05) is 17.7 Å². The molecule has 0 radical (unpaired) electrons. The van der Waals surface area contributed by atoms with E-state index >= 15 is 0 Å². The van der Waals surface area contributed by atoms with Crippen molar-refractivity contribution in [1.29, 1.82) is 0 Å². The molecule has 25 heavy (non-hydrogen) atoms. The Balaban J connectivity index is 0.00000225. The zero-order valence-electron chi connectivity index (χ0n) is 14.4. The first kappa shape index (κ1) is 19.7. The number of hydrogen-bond donors (Lipinski definition) is 0. The van der Waals surface area contributed by atoms with E-state index in [4.69, 9.17) is 0 Å². The minimum absolute atomic E-state index is 0. The molecule has 0 N–H and O–H groups in total. The third-order valence-corrected chi connectivity index (χ3v) is 5.80. The molecule has 120 valence electrons. The van der Waals surface area contributed by atoms with E-state index in [0.717, 1.165) is 5.56 Å². The maximum Gasteiger partial charge on any atom is 1.00 e. The Morgan fingerprint density at radius 1 is 0.800 bits per heavy atom. The molecule has 0 aliphatic heterocycles. The SMILES string of the molecule is CN(/N=C\c1ccc([O-])cc1)P(c1ccccc1)c1ccccc1.[Na+]. The monoisotopic (exact) mass is 356 g/mol. The zero-order chi connectivity index (χ0) is 16.8. The van der Waals surface area contributed by atoms with Crippen molar-refractivity contribution >= 4 is 24.9 Å². The van der Waals surface area contributed by atoms with Crippen molar-refractivity contribution in [2.75, 3.05) is 7.05 Å². The van der Waals surface area contributed by atoms with E-state index in [1.807, 2.05) is 24.0 Å². The molecule has 0 aromatic heterocycles. The number of nitrogens with zero attached hydrogens (tertiary/aromatic N) is 2. The van der Waals surface area contributed by atoms with E-state index in [9.17, 15) is 5.11 Å². The summed E-state index contributed by atoms with van der Waals surface area (Å²) in [5, 5.41) is 18.3. The van der Waals surface area contributed by atoms with Crippen LogP contribution < -0.4 is 45.3 Å². The van der Waals surface area contributed by atoms with Gasteiger partial charge in [-0.1, -0.05) is 84.9 Å². The second-order valence-corrected chi connectivity index (χ2v) is 7.52. The van der Waals surface area contributed by atoms with Gasteiger partial charge in [0.2, 0.25) is 0 Å². The van der Waals surface area contributed by atoms with Gasteiger partial charge >= 0.3 is 29.6 Å². The van der Waals surface area contributed by atoms with E-state index in [2.05, 4.69) is 53.6 Å². The maximum atomic E-state index is 11.2. The molecule has 0 amide bonds. The Hall–Kier alpha value is -1.64. The average Bonchev–Trinajstić information content (AvgIpc) is 2.63. The Bertz CT molecular complexity index is 755. The maximum absolute atomic E-state index is 11.2. The number of benzene rings is 3. The van der Waals surface area contributed by atoms with Crippen molar-refractivity contribution in [3.63, 3.8) is 0 Å². The molecular formula is C20H18N2NaOP. The quantitative estimate of drug-likeness (QED) is 0.281. The van der Waals surface area contributed by atoms with Crippen LogP contribution in [0.2, 0.25) is 0 Å². The number of hydrogen-bond acceptors (Lipinski definition) is 3. The standard InChI is InChI=1S/C20H19N2OP.Na/c1-22(21-16-17-12-14-18(23)15-13-17)24(19-8-4-2-5-9-19)20-10-6-3-7-11-20;/h2-16,23H,1H3;/q;+1/p-1/b21-16-;. The Morgan fingerprint density at radius 3 is 1.76 bits per heavy atom. The molecular weight excluding hydrogens is 338 g/mol. The van der Waals surface area contributed by atoms with Crippen LogP contribution in [0.25, 0.3) is 0 Å². The zero-order valence-corrected chi connectivity index (χ0v) is 17.3. The summed E-state index contributed by atoms with van der Waals surface area (Å²) in [6.07, 6.45) is 1.79. The first-order valence-corrected chi connectivity index (χ1v) is 8.98. The summed E-state index contributed by atoms with van der Waals surface area (Å²) in [6, 6.07) is 27.5. The van der Waals surface area contributed by atoms with E-state index in [1.165, 1.54) is 10.6 Å². The Kier molecular flexibility index (Phi) is 7.67. The van der Waals surface area contributed by atoms with Crippen LogP contribution in [0.4, 0.5) is 0 Å². The molecule has 3 aromatic rings. The molecule has 0 heterocycles. The third kappa shape index (κ3) is 5.42. The van der Waals surface area contributed by atoms with Crippen molar-refractivity contribution in [3.05, 3.63) is 90.5 Å². The van der Waals surface area contributed by atoms with Gasteiger partial charge in [-0.25, -0.2) is 0 Å². The molecule has 5 heteroatoms. The molecule has 0 saturated carbocycles. The minimum atomic E-state index is -0.741. The van der Waals surface area contributed by atoms with Gasteiger partial charge in [-0.15, -0.1) is 5.75 Å². The fraction of sp³-hybridized carbons (Fsp3) is 0.0500. The molecule has 0 saturated heterocycles. The van der Waals surface area contributed by atoms with Crippen LogP contribution in [0.5, 0.6) is 5.75 Å². The molecule has 0 spiro atoms. The first-order chi connectivity index (χ1) is 11.7. The van der Waals surface area contributed by atoms with E-state index in [1.54, 1.807) is 30.5 Å². The van der Waals surface area contributed by atoms with Crippen LogP contribution in [0, 0.1) is 0 Å². The molecule has 3 rings (SSSR count). The van der Waals surface area contributed by atoms with Gasteiger partial charge in [-0.05, 0) is 5.56 Å². The number of rotatable bonds is 5. The molecule has 0 bridgehead atoms. The second-order valence-electron chi connectivity index (χ2n) is 5.29. The summed E-state index contributed by atoms with van der Waals surface area (Å²) in [5.41, 5.74) is 0.914. The van der Waals surface area contributed by atoms with Gasteiger partial charge in [0.15, 0.2) is 0 Å². The van der Waals surface area contributed by atoms with Crippen molar-refractivity contribution in [1.82, 2.24) is 4.78 Å². The summed E-state index contributed by atoms with van der Waals surface area (Å²) in [5.74, 6) is 0.0105. The predicted molar refractivity (Wildman–Crippen MR) is 100 cm³/mol. The normalized spacial score (nSPS) is 10.6. The van der Waals surface area contributed by atoms with E-state index in [0.29, 0.717) is 0 Å². The predicted octanol–water partition coefficient (Wildman–Crippen LogP) is 0.0778. The van der Waals surface area contributed by atoms with Gasteiger partial charge < -0.3 is 5.11 Å². The summed E-state index contributed by atoms with van der Waals surface area (Å²) < 4.78 is 2.01. The number of hydrazone groups is 1. The second kappa shape index (κ2) is 9.74. The van der Waals surface area contributed by atoms with Gasteiger partial charge in [-0.2, -0.15) is 5.10 Å². The van der Waals surface area contributed by atoms with Crippen LogP contribution in [0.15, 0.2) is 90.0 Å². The first-order valence-electron chi connectivity index (χ1n) is 7.69. The Morgan fingerprint density at radius 2 is 1.28 bits per heavy atom. The van der Waals surface area contributed by atoms with Gasteiger partial charge in [0.05, 0.1) is 14.3 Å². The van der Waals surface area contributed by atoms with Crippen molar-refractivity contribution in [2.45, 2.75) is 0 Å². The van der Waals surface area contributed by atoms with Gasteiger partial charge in [0.1, 0.15) is 0 Å². The minimum Gasteiger partial charge on any atom is -0.872 e. The van der Waals surface area contributed by atoms with Crippen LogP contribution in [0.3, 0.4) is 0 Å². The van der Waals surface area contributed by atoms with Crippen molar-refractivity contribution < 1.29 is 34.7 Å². The topological polar surface area (TPSA) is 38.7 Å². The van der Waals surface area contributed by atoms with Crippen LogP contribution >= 0.6 is 8.07 Å². The van der Waals surface area contributed by atoms with E-state index < -0.39 is 8.07 Å². The summed E-state index contributed by atoms with van der Waals surface area (Å²) >= 11 is 0. The summed E-state index contributed by atoms with van der Waals surface area (Å²) in [7, 11) is 1.25. The summed E-state index contributed by atoms with van der Waals surface area (Å²) in [4.78, 5) is 0. The molecule has 0 atom stereocenters. The van der Waals surface area contributed by atoms with Crippen LogP contribution in [-0.4, -0.2) is 18.0 Å². The smallest absolute Gasteiger partial charge is 0.872 e. The van der Waals surface area contributed by atoms with E-state index in [-0.39, 0.29) is 35.3 Å². The van der Waals surface area contributed by atoms with Crippen molar-refractivity contribution in [3.8, 4) is 5.75 Å². The molecule has 0 aliphatic rings. The van der Waals surface area contributed by atoms with Gasteiger partial charge in [-0.3, -0.25) is 4.78 Å². The van der Waals surface area contributed by atoms with Crippen molar-refractivity contribution in [2.24, 2.45) is 5.10 Å².